The van der Waals surface area contributed by atoms with Crippen LogP contribution in [0.1, 0.15) is 19.4 Å². The molecule has 0 saturated carbocycles. The molecule has 0 spiro atoms. The third kappa shape index (κ3) is 6.81. The zero-order chi connectivity index (χ0) is 15.9. The lowest BCUT2D eigenvalue weighted by Gasteiger charge is -2.08. The summed E-state index contributed by atoms with van der Waals surface area (Å²) in [4.78, 5) is 8.41. The summed E-state index contributed by atoms with van der Waals surface area (Å²) in [5, 5.41) is 3.01. The van der Waals surface area contributed by atoms with Gasteiger partial charge >= 0.3 is 0 Å². The SMILES string of the molecule is CC(C)NC(N)=NCc1ccc(Oc2ccc(F)cc2)nc1.I. The lowest BCUT2D eigenvalue weighted by atomic mass is 10.3. The predicted octanol–water partition coefficient (Wildman–Crippen LogP) is 3.44. The van der Waals surface area contributed by atoms with Gasteiger partial charge in [-0.1, -0.05) is 6.07 Å². The fourth-order valence-electron chi connectivity index (χ4n) is 1.71. The number of halogens is 2. The third-order valence-electron chi connectivity index (χ3n) is 2.70. The first kappa shape index (κ1) is 19.1. The van der Waals surface area contributed by atoms with Crippen LogP contribution in [0.25, 0.3) is 0 Å². The Morgan fingerprint density at radius 3 is 2.52 bits per heavy atom. The first-order chi connectivity index (χ1) is 10.5. The number of rotatable bonds is 5. The van der Waals surface area contributed by atoms with Gasteiger partial charge in [0.05, 0.1) is 6.54 Å². The van der Waals surface area contributed by atoms with Gasteiger partial charge in [0.1, 0.15) is 11.6 Å². The van der Waals surface area contributed by atoms with Gasteiger partial charge in [-0.2, -0.15) is 0 Å². The van der Waals surface area contributed by atoms with Crippen LogP contribution in [0.15, 0.2) is 47.6 Å². The van der Waals surface area contributed by atoms with E-state index < -0.39 is 0 Å². The van der Waals surface area contributed by atoms with Crippen molar-refractivity contribution in [3.05, 3.63) is 54.0 Å². The molecule has 2 rings (SSSR count). The van der Waals surface area contributed by atoms with Gasteiger partial charge in [-0.05, 0) is 43.7 Å². The Kier molecular flexibility index (Phi) is 7.73. The highest BCUT2D eigenvalue weighted by Gasteiger charge is 2.00. The number of aromatic nitrogens is 1. The summed E-state index contributed by atoms with van der Waals surface area (Å²) in [7, 11) is 0. The summed E-state index contributed by atoms with van der Waals surface area (Å²) in [6.45, 7) is 4.42. The van der Waals surface area contributed by atoms with Gasteiger partial charge in [0.15, 0.2) is 5.96 Å². The molecule has 0 aliphatic heterocycles. The highest BCUT2D eigenvalue weighted by molar-refractivity contribution is 14.0. The highest BCUT2D eigenvalue weighted by Crippen LogP contribution is 2.19. The van der Waals surface area contributed by atoms with E-state index in [1.54, 1.807) is 24.4 Å². The molecule has 1 aromatic heterocycles. The molecule has 0 saturated heterocycles. The van der Waals surface area contributed by atoms with E-state index in [0.29, 0.717) is 24.1 Å². The number of guanidine groups is 1. The molecule has 0 atom stereocenters. The molecule has 7 heteroatoms. The smallest absolute Gasteiger partial charge is 0.219 e. The summed E-state index contributed by atoms with van der Waals surface area (Å²) >= 11 is 0. The molecule has 1 heterocycles. The molecule has 0 fully saturated rings. The standard InChI is InChI=1S/C16H19FN4O.HI/c1-11(2)21-16(18)20-10-12-3-8-15(19-9-12)22-14-6-4-13(17)5-7-14;/h3-9,11H,10H2,1-2H3,(H3,18,20,21);1H. The van der Waals surface area contributed by atoms with Gasteiger partial charge in [0.2, 0.25) is 5.88 Å². The van der Waals surface area contributed by atoms with Crippen molar-refractivity contribution in [1.29, 1.82) is 0 Å². The second kappa shape index (κ2) is 9.29. The van der Waals surface area contributed by atoms with Crippen molar-refractivity contribution in [1.82, 2.24) is 10.3 Å². The average molecular weight is 430 g/mol. The number of benzene rings is 1. The van der Waals surface area contributed by atoms with Crippen LogP contribution in [0.4, 0.5) is 4.39 Å². The van der Waals surface area contributed by atoms with Gasteiger partial charge in [-0.3, -0.25) is 0 Å². The molecule has 124 valence electrons. The minimum atomic E-state index is -0.305. The van der Waals surface area contributed by atoms with Crippen LogP contribution in [-0.4, -0.2) is 17.0 Å². The van der Waals surface area contributed by atoms with Gasteiger partial charge in [0.25, 0.3) is 0 Å². The normalized spacial score (nSPS) is 11.0. The molecule has 1 aromatic carbocycles. The molecule has 23 heavy (non-hydrogen) atoms. The molecule has 0 unspecified atom stereocenters. The van der Waals surface area contributed by atoms with Crippen molar-refractivity contribution in [3.8, 4) is 11.6 Å². The summed E-state index contributed by atoms with van der Waals surface area (Å²) in [6, 6.07) is 9.61. The number of pyridine rings is 1. The van der Waals surface area contributed by atoms with Gasteiger partial charge in [-0.15, -0.1) is 24.0 Å². The van der Waals surface area contributed by atoms with Gasteiger partial charge < -0.3 is 15.8 Å². The Hall–Kier alpha value is -1.90. The van der Waals surface area contributed by atoms with E-state index >= 15 is 0 Å². The van der Waals surface area contributed by atoms with E-state index in [9.17, 15) is 4.39 Å². The first-order valence-electron chi connectivity index (χ1n) is 6.98. The van der Waals surface area contributed by atoms with Gasteiger partial charge in [-0.25, -0.2) is 14.4 Å². The van der Waals surface area contributed by atoms with E-state index in [2.05, 4.69) is 15.3 Å². The van der Waals surface area contributed by atoms with Crippen molar-refractivity contribution in [2.75, 3.05) is 0 Å². The molecule has 0 aliphatic rings. The maximum absolute atomic E-state index is 12.8. The zero-order valence-corrected chi connectivity index (χ0v) is 15.3. The second-order valence-corrected chi connectivity index (χ2v) is 5.06. The highest BCUT2D eigenvalue weighted by atomic mass is 127. The molecule has 3 N–H and O–H groups in total. The Morgan fingerprint density at radius 2 is 1.96 bits per heavy atom. The molecular weight excluding hydrogens is 410 g/mol. The van der Waals surface area contributed by atoms with Crippen molar-refractivity contribution in [2.24, 2.45) is 10.7 Å². The summed E-state index contributed by atoms with van der Waals surface area (Å²) < 4.78 is 18.3. The Labute approximate surface area is 152 Å². The number of aliphatic imine (C=N–C) groups is 1. The molecule has 0 bridgehead atoms. The Bertz CT molecular complexity index is 630. The van der Waals surface area contributed by atoms with E-state index in [1.807, 2.05) is 19.9 Å². The number of hydrogen-bond acceptors (Lipinski definition) is 3. The van der Waals surface area contributed by atoms with Crippen molar-refractivity contribution in [3.63, 3.8) is 0 Å². The Balaban J connectivity index is 0.00000264. The minimum Gasteiger partial charge on any atom is -0.439 e. The van der Waals surface area contributed by atoms with Crippen LogP contribution >= 0.6 is 24.0 Å². The number of nitrogens with zero attached hydrogens (tertiary/aromatic N) is 2. The molecule has 2 aromatic rings. The monoisotopic (exact) mass is 430 g/mol. The quantitative estimate of drug-likeness (QED) is 0.433. The molecular formula is C16H20FIN4O. The molecule has 0 amide bonds. The third-order valence-corrected chi connectivity index (χ3v) is 2.70. The molecule has 0 radical (unpaired) electrons. The van der Waals surface area contributed by atoms with E-state index in [0.717, 1.165) is 5.56 Å². The molecule has 0 aliphatic carbocycles. The summed E-state index contributed by atoms with van der Waals surface area (Å²) in [5.74, 6) is 1.07. The van der Waals surface area contributed by atoms with E-state index in [4.69, 9.17) is 10.5 Å². The maximum Gasteiger partial charge on any atom is 0.219 e. The first-order valence-corrected chi connectivity index (χ1v) is 6.98. The number of nitrogens with two attached hydrogens (primary N) is 1. The van der Waals surface area contributed by atoms with Crippen LogP contribution < -0.4 is 15.8 Å². The topological polar surface area (TPSA) is 72.5 Å². The van der Waals surface area contributed by atoms with Crippen LogP contribution in [-0.2, 0) is 6.54 Å². The minimum absolute atomic E-state index is 0. The largest absolute Gasteiger partial charge is 0.439 e. The van der Waals surface area contributed by atoms with E-state index in [1.165, 1.54) is 12.1 Å². The van der Waals surface area contributed by atoms with Crippen LogP contribution in [0.2, 0.25) is 0 Å². The number of nitrogens with one attached hydrogen (secondary N) is 1. The Morgan fingerprint density at radius 1 is 1.26 bits per heavy atom. The molecule has 5 nitrogen and oxygen atoms in total. The summed E-state index contributed by atoms with van der Waals surface area (Å²) in [5.41, 5.74) is 6.65. The number of hydrogen-bond donors (Lipinski definition) is 2. The lowest BCUT2D eigenvalue weighted by molar-refractivity contribution is 0.461. The average Bonchev–Trinajstić information content (AvgIpc) is 2.48. The van der Waals surface area contributed by atoms with Crippen LogP contribution in [0.5, 0.6) is 11.6 Å². The van der Waals surface area contributed by atoms with Crippen molar-refractivity contribution in [2.45, 2.75) is 26.4 Å². The lowest BCUT2D eigenvalue weighted by Crippen LogP contribution is -2.36. The zero-order valence-electron chi connectivity index (χ0n) is 13.0. The van der Waals surface area contributed by atoms with Gasteiger partial charge in [0, 0.05) is 18.3 Å². The van der Waals surface area contributed by atoms with E-state index in [-0.39, 0.29) is 35.8 Å². The second-order valence-electron chi connectivity index (χ2n) is 5.06. The predicted molar refractivity (Wildman–Crippen MR) is 99.7 cm³/mol. The fourth-order valence-corrected chi connectivity index (χ4v) is 1.71. The number of ether oxygens (including phenoxy) is 1. The van der Waals surface area contributed by atoms with Crippen molar-refractivity contribution >= 4 is 29.9 Å². The maximum atomic E-state index is 12.8. The van der Waals surface area contributed by atoms with Crippen LogP contribution in [0, 0.1) is 5.82 Å². The van der Waals surface area contributed by atoms with Crippen LogP contribution in [0.3, 0.4) is 0 Å². The fraction of sp³-hybridized carbons (Fsp3) is 0.250. The summed E-state index contributed by atoms with van der Waals surface area (Å²) in [6.07, 6.45) is 1.67. The van der Waals surface area contributed by atoms with Crippen molar-refractivity contribution < 1.29 is 9.13 Å².